The third-order valence-corrected chi connectivity index (χ3v) is 4.11. The number of hydrogen-bond donors (Lipinski definition) is 2. The van der Waals surface area contributed by atoms with Gasteiger partial charge in [0.15, 0.2) is 0 Å². The molecule has 0 spiro atoms. The van der Waals surface area contributed by atoms with Gasteiger partial charge in [0.25, 0.3) is 0 Å². The Bertz CT molecular complexity index is 547. The molecule has 0 radical (unpaired) electrons. The van der Waals surface area contributed by atoms with Crippen molar-refractivity contribution in [2.45, 2.75) is 6.42 Å². The van der Waals surface area contributed by atoms with Crippen molar-refractivity contribution in [3.05, 3.63) is 18.2 Å². The molecule has 17 heavy (non-hydrogen) atoms. The molecule has 1 aliphatic heterocycles. The molecule has 1 atom stereocenters. The Hall–Kier alpha value is -1.23. The monoisotopic (exact) mass is 296 g/mol. The summed E-state index contributed by atoms with van der Waals surface area (Å²) in [6, 6.07) is 5.72. The summed E-state index contributed by atoms with van der Waals surface area (Å²) in [5.74, 6) is 0.160. The summed E-state index contributed by atoms with van der Waals surface area (Å²) in [6.07, 6.45) is 0.909. The number of aromatic nitrogens is 2. The van der Waals surface area contributed by atoms with Crippen molar-refractivity contribution in [3.8, 4) is 0 Å². The van der Waals surface area contributed by atoms with Gasteiger partial charge in [-0.2, -0.15) is 0 Å². The number of carbonyl (C=O) groups is 1. The van der Waals surface area contributed by atoms with E-state index in [0.29, 0.717) is 0 Å². The van der Waals surface area contributed by atoms with Gasteiger partial charge in [0.05, 0.1) is 0 Å². The second-order valence-electron chi connectivity index (χ2n) is 4.12. The SMILES string of the molecule is O=C(Nc1cccc2n[se]nc12)C1CCNC1. The van der Waals surface area contributed by atoms with Gasteiger partial charge in [-0.3, -0.25) is 0 Å². The molecule has 6 heteroatoms. The van der Waals surface area contributed by atoms with E-state index in [-0.39, 0.29) is 26.8 Å². The number of anilines is 1. The summed E-state index contributed by atoms with van der Waals surface area (Å²) < 4.78 is 8.64. The Morgan fingerprint density at radius 2 is 2.41 bits per heavy atom. The van der Waals surface area contributed by atoms with Crippen LogP contribution in [0.25, 0.3) is 11.0 Å². The van der Waals surface area contributed by atoms with E-state index in [2.05, 4.69) is 18.6 Å². The Morgan fingerprint density at radius 1 is 1.47 bits per heavy atom. The molecule has 88 valence electrons. The molecular formula is C11H12N4OSe. The minimum absolute atomic E-state index is 0.0575. The zero-order valence-corrected chi connectivity index (χ0v) is 10.9. The Balaban J connectivity index is 1.84. The standard InChI is InChI=1S/C11H12N4OSe/c16-11(7-4-5-12-6-7)13-8-2-1-3-9-10(8)15-17-14-9/h1-3,7,12H,4-6H2,(H,13,16). The molecule has 1 aliphatic rings. The van der Waals surface area contributed by atoms with Gasteiger partial charge in [0.2, 0.25) is 0 Å². The van der Waals surface area contributed by atoms with E-state index < -0.39 is 0 Å². The Labute approximate surface area is 105 Å². The third-order valence-electron chi connectivity index (χ3n) is 2.97. The van der Waals surface area contributed by atoms with Crippen molar-refractivity contribution in [3.63, 3.8) is 0 Å². The Morgan fingerprint density at radius 3 is 3.24 bits per heavy atom. The van der Waals surface area contributed by atoms with Crippen LogP contribution in [0.5, 0.6) is 0 Å². The van der Waals surface area contributed by atoms with Gasteiger partial charge in [-0.05, 0) is 0 Å². The molecular weight excluding hydrogens is 283 g/mol. The number of fused-ring (bicyclic) bond motifs is 1. The number of carbonyl (C=O) groups excluding carboxylic acids is 1. The molecule has 3 rings (SSSR count). The van der Waals surface area contributed by atoms with Crippen molar-refractivity contribution in [1.29, 1.82) is 0 Å². The summed E-state index contributed by atoms with van der Waals surface area (Å²) in [5, 5.41) is 6.15. The molecule has 1 aromatic heterocycles. The van der Waals surface area contributed by atoms with Crippen molar-refractivity contribution in [2.75, 3.05) is 18.4 Å². The molecule has 1 unspecified atom stereocenters. The average Bonchev–Trinajstić information content (AvgIpc) is 3.00. The number of benzene rings is 1. The third kappa shape index (κ3) is 2.11. The maximum atomic E-state index is 12.0. The van der Waals surface area contributed by atoms with E-state index >= 15 is 0 Å². The molecule has 1 fully saturated rings. The van der Waals surface area contributed by atoms with Crippen LogP contribution in [0, 0.1) is 5.92 Å². The molecule has 1 saturated heterocycles. The van der Waals surface area contributed by atoms with Crippen LogP contribution in [-0.4, -0.2) is 41.9 Å². The predicted molar refractivity (Wildman–Crippen MR) is 66.1 cm³/mol. The summed E-state index contributed by atoms with van der Waals surface area (Å²) in [7, 11) is 0. The van der Waals surface area contributed by atoms with Gasteiger partial charge in [-0.15, -0.1) is 0 Å². The van der Waals surface area contributed by atoms with Gasteiger partial charge < -0.3 is 0 Å². The van der Waals surface area contributed by atoms with Crippen molar-refractivity contribution in [2.24, 2.45) is 5.92 Å². The van der Waals surface area contributed by atoms with Crippen LogP contribution in [0.1, 0.15) is 6.42 Å². The first-order valence-electron chi connectivity index (χ1n) is 5.57. The first-order chi connectivity index (χ1) is 8.34. The second-order valence-corrected chi connectivity index (χ2v) is 5.23. The summed E-state index contributed by atoms with van der Waals surface area (Å²) in [4.78, 5) is 12.0. The average molecular weight is 295 g/mol. The summed E-state index contributed by atoms with van der Waals surface area (Å²) in [5.41, 5.74) is 2.53. The first kappa shape index (κ1) is 10.9. The van der Waals surface area contributed by atoms with E-state index in [1.165, 1.54) is 0 Å². The van der Waals surface area contributed by atoms with Crippen LogP contribution in [-0.2, 0) is 4.79 Å². The zero-order valence-electron chi connectivity index (χ0n) is 9.14. The van der Waals surface area contributed by atoms with Gasteiger partial charge in [0.1, 0.15) is 0 Å². The van der Waals surface area contributed by atoms with E-state index in [1.54, 1.807) is 0 Å². The van der Waals surface area contributed by atoms with Crippen LogP contribution in [0.2, 0.25) is 0 Å². The molecule has 0 bridgehead atoms. The quantitative estimate of drug-likeness (QED) is 0.779. The van der Waals surface area contributed by atoms with Crippen LogP contribution in [0.15, 0.2) is 18.2 Å². The second kappa shape index (κ2) is 4.56. The van der Waals surface area contributed by atoms with Crippen molar-refractivity contribution >= 4 is 37.6 Å². The number of amides is 1. The fraction of sp³-hybridized carbons (Fsp3) is 0.364. The van der Waals surface area contributed by atoms with Crippen LogP contribution >= 0.6 is 0 Å². The molecule has 2 heterocycles. The zero-order chi connectivity index (χ0) is 11.7. The van der Waals surface area contributed by atoms with Crippen LogP contribution in [0.3, 0.4) is 0 Å². The summed E-state index contributed by atoms with van der Waals surface area (Å²) >= 11 is -0.0575. The number of nitrogens with one attached hydrogen (secondary N) is 2. The molecule has 2 N–H and O–H groups in total. The van der Waals surface area contributed by atoms with Crippen LogP contribution in [0.4, 0.5) is 5.69 Å². The maximum absolute atomic E-state index is 12.0. The molecule has 0 saturated carbocycles. The van der Waals surface area contributed by atoms with E-state index in [4.69, 9.17) is 0 Å². The van der Waals surface area contributed by atoms with E-state index in [1.807, 2.05) is 18.2 Å². The predicted octanol–water partition coefficient (Wildman–Crippen LogP) is 0.235. The topological polar surface area (TPSA) is 66.9 Å². The molecule has 0 aliphatic carbocycles. The molecule has 5 nitrogen and oxygen atoms in total. The molecule has 2 aromatic rings. The normalized spacial score (nSPS) is 19.6. The van der Waals surface area contributed by atoms with Crippen molar-refractivity contribution < 1.29 is 4.79 Å². The van der Waals surface area contributed by atoms with Crippen LogP contribution < -0.4 is 10.6 Å². The summed E-state index contributed by atoms with van der Waals surface area (Å²) in [6.45, 7) is 1.69. The van der Waals surface area contributed by atoms with Gasteiger partial charge >= 0.3 is 105 Å². The first-order valence-corrected chi connectivity index (χ1v) is 7.10. The fourth-order valence-electron chi connectivity index (χ4n) is 2.02. The van der Waals surface area contributed by atoms with Gasteiger partial charge in [-0.1, -0.05) is 0 Å². The molecule has 1 aromatic carbocycles. The number of nitrogens with zero attached hydrogens (tertiary/aromatic N) is 2. The fourth-order valence-corrected chi connectivity index (χ4v) is 3.17. The van der Waals surface area contributed by atoms with E-state index in [0.717, 1.165) is 36.2 Å². The van der Waals surface area contributed by atoms with E-state index in [9.17, 15) is 4.79 Å². The Kier molecular flexibility index (Phi) is 2.92. The number of rotatable bonds is 2. The number of hydrogen-bond acceptors (Lipinski definition) is 4. The van der Waals surface area contributed by atoms with Gasteiger partial charge in [0, 0.05) is 0 Å². The van der Waals surface area contributed by atoms with Crippen molar-refractivity contribution in [1.82, 2.24) is 13.3 Å². The molecule has 1 amide bonds. The van der Waals surface area contributed by atoms with Gasteiger partial charge in [-0.25, -0.2) is 0 Å². The minimum atomic E-state index is -0.0575.